The van der Waals surface area contributed by atoms with E-state index < -0.39 is 0 Å². The molecule has 0 aliphatic rings. The van der Waals surface area contributed by atoms with E-state index in [-0.39, 0.29) is 18.4 Å². The molecule has 3 aromatic rings. The number of hydrogen-bond donors (Lipinski definition) is 2. The van der Waals surface area contributed by atoms with Crippen molar-refractivity contribution in [3.8, 4) is 17.2 Å². The number of hydrogen-bond acceptors (Lipinski definition) is 5. The monoisotopic (exact) mass is 454 g/mol. The second-order valence-electron chi connectivity index (χ2n) is 6.62. The van der Waals surface area contributed by atoms with E-state index in [1.807, 2.05) is 6.92 Å². The summed E-state index contributed by atoms with van der Waals surface area (Å²) in [6.45, 7) is 2.32. The number of rotatable bonds is 9. The van der Waals surface area contributed by atoms with E-state index in [2.05, 4.69) is 10.6 Å². The van der Waals surface area contributed by atoms with E-state index in [0.29, 0.717) is 40.1 Å². The van der Waals surface area contributed by atoms with Crippen molar-refractivity contribution >= 4 is 34.8 Å². The molecular weight excluding hydrogens is 432 g/mol. The third kappa shape index (κ3) is 6.39. The molecule has 3 aromatic carbocycles. The summed E-state index contributed by atoms with van der Waals surface area (Å²) in [6.07, 6.45) is 0. The molecule has 0 unspecified atom stereocenters. The first-order valence-electron chi connectivity index (χ1n) is 9.89. The molecule has 0 saturated carbocycles. The van der Waals surface area contributed by atoms with Crippen LogP contribution in [-0.4, -0.2) is 32.1 Å². The minimum atomic E-state index is -0.300. The quantitative estimate of drug-likeness (QED) is 0.474. The number of amides is 2. The second-order valence-corrected chi connectivity index (χ2v) is 7.03. The van der Waals surface area contributed by atoms with Crippen LogP contribution < -0.4 is 24.8 Å². The van der Waals surface area contributed by atoms with Gasteiger partial charge in [-0.15, -0.1) is 0 Å². The summed E-state index contributed by atoms with van der Waals surface area (Å²) < 4.78 is 16.0. The lowest BCUT2D eigenvalue weighted by Crippen LogP contribution is -2.20. The van der Waals surface area contributed by atoms with Crippen molar-refractivity contribution in [2.24, 2.45) is 0 Å². The van der Waals surface area contributed by atoms with Crippen molar-refractivity contribution in [3.05, 3.63) is 77.3 Å². The fraction of sp³-hybridized carbons (Fsp3) is 0.167. The van der Waals surface area contributed by atoms with Gasteiger partial charge in [-0.1, -0.05) is 11.6 Å². The Balaban J connectivity index is 1.50. The molecule has 0 heterocycles. The van der Waals surface area contributed by atoms with Gasteiger partial charge in [0.2, 0.25) is 0 Å². The average Bonchev–Trinajstić information content (AvgIpc) is 2.79. The van der Waals surface area contributed by atoms with Gasteiger partial charge in [0.05, 0.1) is 18.7 Å². The number of carbonyl (C=O) groups excluding carboxylic acids is 2. The predicted octanol–water partition coefficient (Wildman–Crippen LogP) is 5.02. The number of nitrogens with one attached hydrogen (secondary N) is 2. The molecule has 8 heteroatoms. The normalized spacial score (nSPS) is 10.2. The van der Waals surface area contributed by atoms with Crippen LogP contribution in [-0.2, 0) is 4.79 Å². The smallest absolute Gasteiger partial charge is 0.262 e. The summed E-state index contributed by atoms with van der Waals surface area (Å²) in [5, 5.41) is 5.91. The maximum Gasteiger partial charge on any atom is 0.262 e. The van der Waals surface area contributed by atoms with Crippen molar-refractivity contribution in [1.82, 2.24) is 0 Å². The molecule has 0 bridgehead atoms. The van der Waals surface area contributed by atoms with E-state index >= 15 is 0 Å². The van der Waals surface area contributed by atoms with Crippen molar-refractivity contribution in [3.63, 3.8) is 0 Å². The highest BCUT2D eigenvalue weighted by atomic mass is 35.5. The largest absolute Gasteiger partial charge is 0.495 e. The second kappa shape index (κ2) is 11.1. The molecule has 0 aliphatic carbocycles. The highest BCUT2D eigenvalue weighted by molar-refractivity contribution is 6.32. The van der Waals surface area contributed by atoms with Crippen molar-refractivity contribution in [2.75, 3.05) is 31.0 Å². The zero-order chi connectivity index (χ0) is 22.9. The Morgan fingerprint density at radius 3 is 2.09 bits per heavy atom. The van der Waals surface area contributed by atoms with Gasteiger partial charge in [-0.2, -0.15) is 0 Å². The van der Waals surface area contributed by atoms with Crippen molar-refractivity contribution in [2.45, 2.75) is 6.92 Å². The number of ether oxygens (including phenoxy) is 3. The van der Waals surface area contributed by atoms with Crippen LogP contribution in [0.25, 0.3) is 0 Å². The predicted molar refractivity (Wildman–Crippen MR) is 124 cm³/mol. The first-order chi connectivity index (χ1) is 15.5. The van der Waals surface area contributed by atoms with Gasteiger partial charge in [0.15, 0.2) is 6.61 Å². The summed E-state index contributed by atoms with van der Waals surface area (Å²) >= 11 is 6.08. The Hall–Kier alpha value is -3.71. The van der Waals surface area contributed by atoms with E-state index in [9.17, 15) is 9.59 Å². The van der Waals surface area contributed by atoms with Crippen LogP contribution in [0.3, 0.4) is 0 Å². The van der Waals surface area contributed by atoms with Crippen molar-refractivity contribution < 1.29 is 23.8 Å². The van der Waals surface area contributed by atoms with E-state index in [1.165, 1.54) is 7.11 Å². The first kappa shape index (κ1) is 23.0. The van der Waals surface area contributed by atoms with Crippen LogP contribution in [0.2, 0.25) is 5.02 Å². The Morgan fingerprint density at radius 1 is 0.844 bits per heavy atom. The third-order valence-corrected chi connectivity index (χ3v) is 4.64. The molecule has 0 aliphatic heterocycles. The van der Waals surface area contributed by atoms with Crippen LogP contribution in [0.5, 0.6) is 17.2 Å². The molecule has 0 atom stereocenters. The topological polar surface area (TPSA) is 85.9 Å². The lowest BCUT2D eigenvalue weighted by atomic mass is 10.2. The van der Waals surface area contributed by atoms with Crippen LogP contribution in [0, 0.1) is 0 Å². The third-order valence-electron chi connectivity index (χ3n) is 4.35. The summed E-state index contributed by atoms with van der Waals surface area (Å²) in [5.74, 6) is 1.13. The lowest BCUT2D eigenvalue weighted by molar-refractivity contribution is -0.118. The van der Waals surface area contributed by atoms with Crippen LogP contribution in [0.1, 0.15) is 17.3 Å². The molecular formula is C24H23ClN2O5. The molecule has 0 saturated heterocycles. The minimum Gasteiger partial charge on any atom is -0.495 e. The highest BCUT2D eigenvalue weighted by Crippen LogP contribution is 2.27. The molecule has 2 N–H and O–H groups in total. The summed E-state index contributed by atoms with van der Waals surface area (Å²) in [5.41, 5.74) is 1.63. The number of anilines is 2. The number of carbonyl (C=O) groups is 2. The van der Waals surface area contributed by atoms with E-state index in [1.54, 1.807) is 66.7 Å². The van der Waals surface area contributed by atoms with Crippen LogP contribution in [0.15, 0.2) is 66.7 Å². The Kier molecular flexibility index (Phi) is 7.94. The molecule has 166 valence electrons. The standard InChI is InChI=1S/C24H23ClN2O5/c1-3-31-19-11-6-17(7-12-19)26-23(28)15-32-20-9-4-16(5-10-20)24(29)27-18-8-13-22(30-2)21(25)14-18/h4-14H,3,15H2,1-2H3,(H,26,28)(H,27,29). The number of benzene rings is 3. The number of methoxy groups -OCH3 is 1. The molecule has 0 radical (unpaired) electrons. The Morgan fingerprint density at radius 2 is 1.47 bits per heavy atom. The zero-order valence-corrected chi connectivity index (χ0v) is 18.4. The molecule has 0 spiro atoms. The number of halogens is 1. The molecule has 32 heavy (non-hydrogen) atoms. The fourth-order valence-corrected chi connectivity index (χ4v) is 3.05. The van der Waals surface area contributed by atoms with Gasteiger partial charge in [0.25, 0.3) is 11.8 Å². The van der Waals surface area contributed by atoms with Crippen LogP contribution in [0.4, 0.5) is 11.4 Å². The molecule has 2 amide bonds. The maximum absolute atomic E-state index is 12.4. The molecule has 0 fully saturated rings. The van der Waals surface area contributed by atoms with E-state index in [0.717, 1.165) is 5.75 Å². The first-order valence-corrected chi connectivity index (χ1v) is 10.3. The summed E-state index contributed by atoms with van der Waals surface area (Å²) in [6, 6.07) is 18.5. The SMILES string of the molecule is CCOc1ccc(NC(=O)COc2ccc(C(=O)Nc3ccc(OC)c(Cl)c3)cc2)cc1. The molecule has 0 aromatic heterocycles. The molecule has 7 nitrogen and oxygen atoms in total. The summed E-state index contributed by atoms with van der Waals surface area (Å²) in [4.78, 5) is 24.5. The van der Waals surface area contributed by atoms with Gasteiger partial charge < -0.3 is 24.8 Å². The van der Waals surface area contributed by atoms with Gasteiger partial charge in [0.1, 0.15) is 17.2 Å². The minimum absolute atomic E-state index is 0.164. The van der Waals surface area contributed by atoms with Crippen molar-refractivity contribution in [1.29, 1.82) is 0 Å². The van der Waals surface area contributed by atoms with Gasteiger partial charge in [0, 0.05) is 16.9 Å². The lowest BCUT2D eigenvalue weighted by Gasteiger charge is -2.10. The van der Waals surface area contributed by atoms with Gasteiger partial charge >= 0.3 is 0 Å². The van der Waals surface area contributed by atoms with Gasteiger partial charge in [-0.05, 0) is 73.7 Å². The maximum atomic E-state index is 12.4. The highest BCUT2D eigenvalue weighted by Gasteiger charge is 2.09. The average molecular weight is 455 g/mol. The van der Waals surface area contributed by atoms with Gasteiger partial charge in [-0.25, -0.2) is 0 Å². The fourth-order valence-electron chi connectivity index (χ4n) is 2.80. The Labute approximate surface area is 191 Å². The van der Waals surface area contributed by atoms with Gasteiger partial charge in [-0.3, -0.25) is 9.59 Å². The Bertz CT molecular complexity index is 1070. The van der Waals surface area contributed by atoms with E-state index in [4.69, 9.17) is 25.8 Å². The van der Waals surface area contributed by atoms with Crippen LogP contribution >= 0.6 is 11.6 Å². The molecule has 3 rings (SSSR count). The zero-order valence-electron chi connectivity index (χ0n) is 17.7. The summed E-state index contributed by atoms with van der Waals surface area (Å²) in [7, 11) is 1.52.